The number of nitrogens with zero attached hydrogens (tertiary/aromatic N) is 4. The number of imidazole rings is 1. The van der Waals surface area contributed by atoms with E-state index in [-0.39, 0.29) is 37.9 Å². The van der Waals surface area contributed by atoms with Gasteiger partial charge in [0.2, 0.25) is 17.7 Å². The molecule has 6 rings (SSSR count). The SMILES string of the molecule is CC(C)[C@H](NC(=O)CCN1C(=O)C=CC1=O)C(=O)N[C@@H](C)C(=O)Nc1ccc(COC(=O)NCC2OC2N[C@@H]2[C@@H](O)[C@H](O)[C@@H](Nc3ncnc4nc[nH]c34)O[C@H]2CO)cc1. The second kappa shape index (κ2) is 19.3. The lowest BCUT2D eigenvalue weighted by Crippen LogP contribution is -2.65. The highest BCUT2D eigenvalue weighted by atomic mass is 16.6. The van der Waals surface area contributed by atoms with Gasteiger partial charge in [-0.05, 0) is 30.5 Å². The molecule has 322 valence electrons. The summed E-state index contributed by atoms with van der Waals surface area (Å²) in [4.78, 5) is 90.3. The predicted octanol–water partition coefficient (Wildman–Crippen LogP) is -2.29. The van der Waals surface area contributed by atoms with Gasteiger partial charge in [-0.1, -0.05) is 26.0 Å². The monoisotopic (exact) mass is 837 g/mol. The molecule has 0 spiro atoms. The van der Waals surface area contributed by atoms with Crippen molar-refractivity contribution in [2.75, 3.05) is 30.3 Å². The Bertz CT molecular complexity index is 2060. The number of hydrogen-bond donors (Lipinski definition) is 10. The standard InChI is InChI=1S/C37H47N11O12/c1-17(2)26(45-23(50)10-11-48-24(51)8-9-25(48)52)34(56)43-18(3)33(55)44-20-6-4-19(5-7-20)14-58-37(57)38-12-21-35(59-21)46-27-22(13-49)60-36(30(54)29(27)53)47-32-28-31(40-15-39-28)41-16-42-32/h4-9,15-18,21-22,26-27,29-30,35-36,46,49,53-54H,10-14H2,1-3H3,(H,38,57)(H,43,56)(H,44,55)(H,45,50)(H2,39,40,41,42,47)/t18-,21?,22-,26-,27-,29+,30-,35?,36-/m0/s1. The van der Waals surface area contributed by atoms with Gasteiger partial charge in [0.1, 0.15) is 61.2 Å². The van der Waals surface area contributed by atoms with Crippen molar-refractivity contribution in [1.82, 2.24) is 46.1 Å². The minimum atomic E-state index is -1.43. The summed E-state index contributed by atoms with van der Waals surface area (Å²) >= 11 is 0. The van der Waals surface area contributed by atoms with Crippen molar-refractivity contribution in [3.05, 3.63) is 54.6 Å². The molecule has 3 aliphatic heterocycles. The Hall–Kier alpha value is -6.11. The minimum Gasteiger partial charge on any atom is -0.445 e. The summed E-state index contributed by atoms with van der Waals surface area (Å²) in [7, 11) is 0. The Kier molecular flexibility index (Phi) is 14.0. The van der Waals surface area contributed by atoms with E-state index < -0.39 is 97.2 Å². The number of hydrogen-bond acceptors (Lipinski definition) is 17. The molecule has 9 atom stereocenters. The van der Waals surface area contributed by atoms with E-state index >= 15 is 0 Å². The summed E-state index contributed by atoms with van der Waals surface area (Å²) in [5.74, 6) is -2.74. The van der Waals surface area contributed by atoms with E-state index in [9.17, 15) is 44.1 Å². The largest absolute Gasteiger partial charge is 0.445 e. The van der Waals surface area contributed by atoms with Gasteiger partial charge in [-0.25, -0.2) is 19.7 Å². The number of H-pyrrole nitrogens is 1. The number of nitrogens with one attached hydrogen (secondary N) is 7. The molecular weight excluding hydrogens is 790 g/mol. The molecule has 0 bridgehead atoms. The molecule has 0 saturated carbocycles. The fourth-order valence-electron chi connectivity index (χ4n) is 6.42. The van der Waals surface area contributed by atoms with E-state index in [1.165, 1.54) is 19.6 Å². The number of imide groups is 1. The maximum Gasteiger partial charge on any atom is 0.407 e. The number of epoxide rings is 1. The van der Waals surface area contributed by atoms with Gasteiger partial charge in [-0.15, -0.1) is 0 Å². The molecule has 5 heterocycles. The number of alkyl carbamates (subject to hydrolysis) is 1. The van der Waals surface area contributed by atoms with Gasteiger partial charge in [0, 0.05) is 30.8 Å². The van der Waals surface area contributed by atoms with E-state index in [4.69, 9.17) is 14.2 Å². The van der Waals surface area contributed by atoms with Gasteiger partial charge in [-0.2, -0.15) is 0 Å². The lowest BCUT2D eigenvalue weighted by molar-refractivity contribution is -0.185. The number of carbonyl (C=O) groups excluding carboxylic acids is 6. The zero-order chi connectivity index (χ0) is 43.1. The average molecular weight is 838 g/mol. The zero-order valence-corrected chi connectivity index (χ0v) is 32.7. The summed E-state index contributed by atoms with van der Waals surface area (Å²) in [6, 6.07) is 3.56. The van der Waals surface area contributed by atoms with E-state index in [0.717, 1.165) is 17.1 Å². The first-order valence-corrected chi connectivity index (χ1v) is 19.1. The van der Waals surface area contributed by atoms with Crippen LogP contribution < -0.4 is 31.9 Å². The molecule has 0 radical (unpaired) electrons. The Morgan fingerprint density at radius 2 is 1.63 bits per heavy atom. The molecule has 1 aromatic carbocycles. The van der Waals surface area contributed by atoms with Crippen LogP contribution in [0.2, 0.25) is 0 Å². The van der Waals surface area contributed by atoms with Crippen molar-refractivity contribution in [3.63, 3.8) is 0 Å². The number of amides is 6. The summed E-state index contributed by atoms with van der Waals surface area (Å²) < 4.78 is 16.7. The third-order valence-corrected chi connectivity index (χ3v) is 9.89. The van der Waals surface area contributed by atoms with Crippen molar-refractivity contribution in [3.8, 4) is 0 Å². The molecule has 2 saturated heterocycles. The highest BCUT2D eigenvalue weighted by Crippen LogP contribution is 2.28. The van der Waals surface area contributed by atoms with E-state index in [1.54, 1.807) is 38.1 Å². The number of aliphatic hydroxyl groups is 3. The normalized spacial score (nSPS) is 24.5. The van der Waals surface area contributed by atoms with E-state index in [1.807, 2.05) is 0 Å². The molecule has 6 amide bonds. The first kappa shape index (κ1) is 43.5. The molecule has 2 unspecified atom stereocenters. The quantitative estimate of drug-likeness (QED) is 0.0476. The second-order valence-corrected chi connectivity index (χ2v) is 14.6. The van der Waals surface area contributed by atoms with Crippen molar-refractivity contribution in [2.24, 2.45) is 5.92 Å². The van der Waals surface area contributed by atoms with Gasteiger partial charge in [0.25, 0.3) is 11.8 Å². The van der Waals surface area contributed by atoms with Gasteiger partial charge in [-0.3, -0.25) is 34.2 Å². The minimum absolute atomic E-state index is 0.0511. The molecule has 2 aromatic heterocycles. The van der Waals surface area contributed by atoms with Crippen LogP contribution in [0, 0.1) is 5.92 Å². The van der Waals surface area contributed by atoms with Gasteiger partial charge < -0.3 is 61.1 Å². The Morgan fingerprint density at radius 1 is 0.917 bits per heavy atom. The van der Waals surface area contributed by atoms with Crippen LogP contribution in [-0.2, 0) is 44.8 Å². The van der Waals surface area contributed by atoms with Crippen LogP contribution in [0.15, 0.2) is 49.1 Å². The number of fused-ring (bicyclic) bond motifs is 1. The Morgan fingerprint density at radius 3 is 2.33 bits per heavy atom. The van der Waals surface area contributed by atoms with Crippen LogP contribution in [-0.4, -0.2) is 150 Å². The van der Waals surface area contributed by atoms with E-state index in [0.29, 0.717) is 22.4 Å². The molecule has 23 heteroatoms. The summed E-state index contributed by atoms with van der Waals surface area (Å²) in [6.07, 6.45) is -2.01. The van der Waals surface area contributed by atoms with Crippen molar-refractivity contribution in [1.29, 1.82) is 0 Å². The number of rotatable bonds is 18. The van der Waals surface area contributed by atoms with Crippen LogP contribution >= 0.6 is 0 Å². The third kappa shape index (κ3) is 10.7. The lowest BCUT2D eigenvalue weighted by Gasteiger charge is -2.42. The highest BCUT2D eigenvalue weighted by molar-refractivity contribution is 6.13. The zero-order valence-electron chi connectivity index (χ0n) is 32.7. The van der Waals surface area contributed by atoms with Crippen LogP contribution in [0.3, 0.4) is 0 Å². The maximum absolute atomic E-state index is 13.0. The summed E-state index contributed by atoms with van der Waals surface area (Å²) in [5.41, 5.74) is 1.87. The van der Waals surface area contributed by atoms with Crippen LogP contribution in [0.5, 0.6) is 0 Å². The first-order valence-electron chi connectivity index (χ1n) is 19.1. The fraction of sp³-hybridized carbons (Fsp3) is 0.486. The Labute approximate surface area is 342 Å². The number of carbonyl (C=O) groups is 6. The molecule has 3 aromatic rings. The number of anilines is 2. The number of benzene rings is 1. The third-order valence-electron chi connectivity index (χ3n) is 9.89. The van der Waals surface area contributed by atoms with Crippen molar-refractivity contribution in [2.45, 2.75) is 88.8 Å². The predicted molar refractivity (Wildman–Crippen MR) is 207 cm³/mol. The topological polar surface area (TPSA) is 324 Å². The highest BCUT2D eigenvalue weighted by Gasteiger charge is 2.49. The molecule has 60 heavy (non-hydrogen) atoms. The van der Waals surface area contributed by atoms with Gasteiger partial charge in [0.15, 0.2) is 17.7 Å². The number of aromatic nitrogens is 4. The summed E-state index contributed by atoms with van der Waals surface area (Å²) in [6.45, 7) is 4.25. The maximum atomic E-state index is 13.0. The molecule has 3 aliphatic rings. The van der Waals surface area contributed by atoms with E-state index in [2.05, 4.69) is 51.8 Å². The van der Waals surface area contributed by atoms with Crippen molar-refractivity contribution < 1.29 is 58.3 Å². The smallest absolute Gasteiger partial charge is 0.407 e. The van der Waals surface area contributed by atoms with Crippen LogP contribution in [0.25, 0.3) is 11.2 Å². The average Bonchev–Trinajstić information content (AvgIpc) is 3.63. The summed E-state index contributed by atoms with van der Waals surface area (Å²) in [5, 5.41) is 48.2. The fourth-order valence-corrected chi connectivity index (χ4v) is 6.42. The van der Waals surface area contributed by atoms with Crippen LogP contribution in [0.4, 0.5) is 16.3 Å². The Balaban J connectivity index is 0.876. The molecule has 0 aliphatic carbocycles. The van der Waals surface area contributed by atoms with Gasteiger partial charge >= 0.3 is 6.09 Å². The second-order valence-electron chi connectivity index (χ2n) is 14.6. The number of aliphatic hydroxyl groups excluding tert-OH is 3. The molecule has 2 fully saturated rings. The van der Waals surface area contributed by atoms with Crippen LogP contribution in [0.1, 0.15) is 32.8 Å². The van der Waals surface area contributed by atoms with Crippen molar-refractivity contribution >= 4 is 58.3 Å². The lowest BCUT2D eigenvalue weighted by atomic mass is 9.95. The van der Waals surface area contributed by atoms with Gasteiger partial charge in [0.05, 0.1) is 25.5 Å². The molecular formula is C37H47N11O12. The molecule has 10 N–H and O–H groups in total. The number of aromatic amines is 1. The number of ether oxygens (including phenoxy) is 3. The first-order chi connectivity index (χ1) is 28.7. The molecule has 23 nitrogen and oxygen atoms in total.